The largest absolute Gasteiger partial charge is 0.389 e. The average Bonchev–Trinajstić information content (AvgIpc) is 3.06. The zero-order valence-electron chi connectivity index (χ0n) is 29.1. The van der Waals surface area contributed by atoms with E-state index in [4.69, 9.17) is 0 Å². The van der Waals surface area contributed by atoms with E-state index in [2.05, 4.69) is 68.5 Å². The van der Waals surface area contributed by atoms with E-state index in [0.717, 1.165) is 60.5 Å². The molecule has 0 saturated heterocycles. The van der Waals surface area contributed by atoms with Crippen LogP contribution >= 0.6 is 0 Å². The molecule has 42 heavy (non-hydrogen) atoms. The van der Waals surface area contributed by atoms with Crippen molar-refractivity contribution in [1.29, 1.82) is 0 Å². The molecule has 6 saturated carbocycles. The Morgan fingerprint density at radius 1 is 0.500 bits per heavy atom. The zero-order chi connectivity index (χ0) is 30.9. The van der Waals surface area contributed by atoms with E-state index >= 15 is 0 Å². The number of hydrogen-bond donors (Lipinski definition) is 2. The molecule has 2 N–H and O–H groups in total. The number of rotatable bonds is 0. The van der Waals surface area contributed by atoms with Crippen molar-refractivity contribution in [1.82, 2.24) is 0 Å². The molecule has 2 heteroatoms. The molecule has 0 aromatic carbocycles. The maximum atomic E-state index is 10.4. The Morgan fingerprint density at radius 2 is 0.857 bits per heavy atom. The monoisotopic (exact) mass is 581 g/mol. The molecule has 10 atom stereocenters. The van der Waals surface area contributed by atoms with Crippen LogP contribution in [0, 0.1) is 56.2 Å². The van der Waals surface area contributed by atoms with E-state index in [9.17, 15) is 10.2 Å². The van der Waals surface area contributed by atoms with Gasteiger partial charge in [0.2, 0.25) is 0 Å². The Labute approximate surface area is 260 Å². The van der Waals surface area contributed by atoms with Crippen LogP contribution in [-0.2, 0) is 0 Å². The minimum Gasteiger partial charge on any atom is -0.389 e. The third kappa shape index (κ3) is 5.43. The quantitative estimate of drug-likeness (QED) is 0.280. The third-order valence-corrected chi connectivity index (χ3v) is 15.6. The zero-order valence-corrected chi connectivity index (χ0v) is 29.1. The molecule has 0 unspecified atom stereocenters. The van der Waals surface area contributed by atoms with Gasteiger partial charge in [0.1, 0.15) is 0 Å². The molecular weight excluding hydrogens is 512 g/mol. The maximum Gasteiger partial charge on any atom is 0.0752 e. The summed E-state index contributed by atoms with van der Waals surface area (Å²) in [7, 11) is 0. The molecule has 6 aliphatic carbocycles. The summed E-state index contributed by atoms with van der Waals surface area (Å²) < 4.78 is 0. The van der Waals surface area contributed by atoms with Gasteiger partial charge >= 0.3 is 0 Å². The van der Waals surface area contributed by atoms with Crippen molar-refractivity contribution in [3.8, 4) is 0 Å². The lowest BCUT2D eigenvalue weighted by atomic mass is 9.42. The van der Waals surface area contributed by atoms with E-state index in [0.29, 0.717) is 32.5 Å². The standard InChI is InChI=1S/2C20H34O/c2*1-14-7-8-17-19(4,13-15(14)21)12-9-16-18(2,3)10-6-11-20(16,17)5/h2*15-17,21H,1,6-13H2,2-5H3/t2*15-,16+,17+,19+,20+/m11/s1. The second kappa shape index (κ2) is 11.0. The lowest BCUT2D eigenvalue weighted by Gasteiger charge is -2.62. The van der Waals surface area contributed by atoms with Crippen LogP contribution in [0.25, 0.3) is 0 Å². The molecule has 6 fully saturated rings. The molecule has 0 aromatic rings. The summed E-state index contributed by atoms with van der Waals surface area (Å²) in [5.41, 5.74) is 4.74. The molecule has 0 spiro atoms. The minimum absolute atomic E-state index is 0.267. The van der Waals surface area contributed by atoms with E-state index in [-0.39, 0.29) is 12.2 Å². The normalized spacial score (nSPS) is 50.0. The minimum atomic E-state index is -0.267. The average molecular weight is 581 g/mol. The number of hydrogen-bond acceptors (Lipinski definition) is 2. The predicted octanol–water partition coefficient (Wildman–Crippen LogP) is 10.7. The van der Waals surface area contributed by atoms with E-state index in [1.54, 1.807) is 0 Å². The highest BCUT2D eigenvalue weighted by molar-refractivity contribution is 5.15. The Hall–Kier alpha value is -0.600. The second-order valence-corrected chi connectivity index (χ2v) is 19.1. The molecule has 240 valence electrons. The van der Waals surface area contributed by atoms with E-state index < -0.39 is 0 Å². The summed E-state index contributed by atoms with van der Waals surface area (Å²) in [6.07, 6.45) is 19.6. The molecule has 0 aromatic heterocycles. The Balaban J connectivity index is 0.000000168. The molecule has 2 nitrogen and oxygen atoms in total. The highest BCUT2D eigenvalue weighted by atomic mass is 16.3. The topological polar surface area (TPSA) is 40.5 Å². The van der Waals surface area contributed by atoms with Crippen LogP contribution in [0.4, 0.5) is 0 Å². The number of aliphatic hydroxyl groups is 2. The smallest absolute Gasteiger partial charge is 0.0752 e. The molecule has 0 amide bonds. The van der Waals surface area contributed by atoms with Gasteiger partial charge in [-0.05, 0) is 157 Å². The van der Waals surface area contributed by atoms with Gasteiger partial charge in [-0.3, -0.25) is 0 Å². The van der Waals surface area contributed by atoms with Crippen molar-refractivity contribution in [3.05, 3.63) is 24.3 Å². The third-order valence-electron chi connectivity index (χ3n) is 15.6. The highest BCUT2D eigenvalue weighted by Gasteiger charge is 2.60. The van der Waals surface area contributed by atoms with Crippen LogP contribution in [-0.4, -0.2) is 22.4 Å². The van der Waals surface area contributed by atoms with Gasteiger partial charge < -0.3 is 10.2 Å². The molecule has 0 radical (unpaired) electrons. The van der Waals surface area contributed by atoms with Gasteiger partial charge in [-0.1, -0.05) is 81.4 Å². The fourth-order valence-corrected chi connectivity index (χ4v) is 13.5. The van der Waals surface area contributed by atoms with Crippen molar-refractivity contribution in [2.75, 3.05) is 0 Å². The first kappa shape index (κ1) is 32.8. The van der Waals surface area contributed by atoms with Gasteiger partial charge in [0, 0.05) is 0 Å². The maximum absolute atomic E-state index is 10.4. The van der Waals surface area contributed by atoms with Crippen molar-refractivity contribution in [2.45, 2.75) is 170 Å². The lowest BCUT2D eigenvalue weighted by molar-refractivity contribution is -0.135. The van der Waals surface area contributed by atoms with Crippen molar-refractivity contribution in [2.24, 2.45) is 56.2 Å². The molecule has 0 aliphatic heterocycles. The van der Waals surface area contributed by atoms with Gasteiger partial charge in [0.05, 0.1) is 12.2 Å². The second-order valence-electron chi connectivity index (χ2n) is 19.1. The SMILES string of the molecule is C=C1CC[C@H]2[C@@](C)(CC[C@H]3C(C)(C)CCC[C@@]32C)C[C@H]1O.C=C1CC[C@H]2[C@@](C)(CC[C@H]3C(C)(C)CCC[C@@]32C)C[C@H]1O. The molecule has 0 bridgehead atoms. The van der Waals surface area contributed by atoms with Crippen LogP contribution in [0.15, 0.2) is 24.3 Å². The van der Waals surface area contributed by atoms with E-state index in [1.165, 1.54) is 77.0 Å². The first-order valence-corrected chi connectivity index (χ1v) is 18.1. The van der Waals surface area contributed by atoms with Crippen LogP contribution < -0.4 is 0 Å². The fourth-order valence-electron chi connectivity index (χ4n) is 13.5. The summed E-state index contributed by atoms with van der Waals surface area (Å²) in [5, 5.41) is 20.9. The Morgan fingerprint density at radius 3 is 1.21 bits per heavy atom. The fraction of sp³-hybridized carbons (Fsp3) is 0.900. The van der Waals surface area contributed by atoms with Gasteiger partial charge in [0.25, 0.3) is 0 Å². The molecular formula is C40H68O2. The van der Waals surface area contributed by atoms with Crippen LogP contribution in [0.2, 0.25) is 0 Å². The van der Waals surface area contributed by atoms with Gasteiger partial charge in [-0.2, -0.15) is 0 Å². The van der Waals surface area contributed by atoms with Crippen LogP contribution in [0.3, 0.4) is 0 Å². The van der Waals surface area contributed by atoms with Crippen molar-refractivity contribution < 1.29 is 10.2 Å². The summed E-state index contributed by atoms with van der Waals surface area (Å²) in [6.45, 7) is 28.4. The molecule has 0 heterocycles. The van der Waals surface area contributed by atoms with Gasteiger partial charge in [-0.25, -0.2) is 0 Å². The van der Waals surface area contributed by atoms with Crippen molar-refractivity contribution >= 4 is 0 Å². The summed E-state index contributed by atoms with van der Waals surface area (Å²) in [5.74, 6) is 3.25. The molecule has 6 rings (SSSR count). The summed E-state index contributed by atoms with van der Waals surface area (Å²) in [6, 6.07) is 0. The van der Waals surface area contributed by atoms with Gasteiger partial charge in [0.15, 0.2) is 0 Å². The Bertz CT molecular complexity index is 956. The first-order valence-electron chi connectivity index (χ1n) is 18.1. The molecule has 6 aliphatic rings. The van der Waals surface area contributed by atoms with Crippen molar-refractivity contribution in [3.63, 3.8) is 0 Å². The van der Waals surface area contributed by atoms with Crippen LogP contribution in [0.1, 0.15) is 158 Å². The van der Waals surface area contributed by atoms with Crippen LogP contribution in [0.5, 0.6) is 0 Å². The highest BCUT2D eigenvalue weighted by Crippen LogP contribution is 2.68. The number of fused-ring (bicyclic) bond motifs is 6. The summed E-state index contributed by atoms with van der Waals surface area (Å²) in [4.78, 5) is 0. The lowest BCUT2D eigenvalue weighted by Crippen LogP contribution is -2.54. The van der Waals surface area contributed by atoms with E-state index in [1.807, 2.05) is 0 Å². The Kier molecular flexibility index (Phi) is 8.61. The summed E-state index contributed by atoms with van der Waals surface area (Å²) >= 11 is 0. The predicted molar refractivity (Wildman–Crippen MR) is 178 cm³/mol. The first-order chi connectivity index (χ1) is 19.4. The van der Waals surface area contributed by atoms with Gasteiger partial charge in [-0.15, -0.1) is 0 Å². The number of aliphatic hydroxyl groups excluding tert-OH is 2.